The van der Waals surface area contributed by atoms with Crippen LogP contribution in [0.5, 0.6) is 11.5 Å². The third kappa shape index (κ3) is 2.87. The van der Waals surface area contributed by atoms with Gasteiger partial charge in [0.1, 0.15) is 11.3 Å². The van der Waals surface area contributed by atoms with Crippen LogP contribution in [0.1, 0.15) is 0 Å². The zero-order valence-corrected chi connectivity index (χ0v) is 14.7. The first-order valence-corrected chi connectivity index (χ1v) is 8.04. The molecule has 0 aliphatic heterocycles. The Hall–Kier alpha value is -0.980. The number of pyridine rings is 2. The quantitative estimate of drug-likeness (QED) is 0.493. The Bertz CT molecular complexity index is 792. The maximum Gasteiger partial charge on any atom is 0.156 e. The standard InChI is InChI=1S/C14H7Br3N2O/c15-8-1-2-12(10(17)5-8)20-13-3-4-18-11-6-9(16)7-19-14(11)13/h1-7H. The third-order valence-electron chi connectivity index (χ3n) is 2.62. The van der Waals surface area contributed by atoms with Crippen molar-refractivity contribution >= 4 is 58.8 Å². The Morgan fingerprint density at radius 2 is 1.70 bits per heavy atom. The van der Waals surface area contributed by atoms with E-state index < -0.39 is 0 Å². The molecule has 0 fully saturated rings. The van der Waals surface area contributed by atoms with Gasteiger partial charge in [0.15, 0.2) is 5.75 Å². The van der Waals surface area contributed by atoms with Crippen LogP contribution in [0.2, 0.25) is 0 Å². The summed E-state index contributed by atoms with van der Waals surface area (Å²) in [4.78, 5) is 8.65. The summed E-state index contributed by atoms with van der Waals surface area (Å²) in [7, 11) is 0. The monoisotopic (exact) mass is 456 g/mol. The predicted molar refractivity (Wildman–Crippen MR) is 89.2 cm³/mol. The number of ether oxygens (including phenoxy) is 1. The van der Waals surface area contributed by atoms with Crippen LogP contribution in [0.3, 0.4) is 0 Å². The molecule has 1 aromatic carbocycles. The highest BCUT2D eigenvalue weighted by atomic mass is 79.9. The molecule has 20 heavy (non-hydrogen) atoms. The summed E-state index contributed by atoms with van der Waals surface area (Å²) in [5.41, 5.74) is 1.51. The summed E-state index contributed by atoms with van der Waals surface area (Å²) in [6, 6.07) is 9.46. The normalized spacial score (nSPS) is 10.8. The molecule has 0 unspecified atom stereocenters. The fraction of sp³-hybridized carbons (Fsp3) is 0. The third-order valence-corrected chi connectivity index (χ3v) is 4.17. The molecule has 3 aromatic rings. The minimum Gasteiger partial charge on any atom is -0.454 e. The zero-order chi connectivity index (χ0) is 14.1. The second-order valence-electron chi connectivity index (χ2n) is 4.01. The SMILES string of the molecule is Brc1ccc(Oc2ccnc3cc(Br)cnc23)c(Br)c1. The first-order chi connectivity index (χ1) is 9.63. The van der Waals surface area contributed by atoms with Crippen molar-refractivity contribution in [2.24, 2.45) is 0 Å². The van der Waals surface area contributed by atoms with Gasteiger partial charge in [0, 0.05) is 27.4 Å². The summed E-state index contributed by atoms with van der Waals surface area (Å²) in [6.07, 6.45) is 3.44. The largest absolute Gasteiger partial charge is 0.454 e. The number of aromatic nitrogens is 2. The summed E-state index contributed by atoms with van der Waals surface area (Å²) in [6.45, 7) is 0. The Labute approximate surface area is 140 Å². The van der Waals surface area contributed by atoms with Gasteiger partial charge in [-0.3, -0.25) is 4.98 Å². The topological polar surface area (TPSA) is 35.0 Å². The summed E-state index contributed by atoms with van der Waals surface area (Å²) in [5.74, 6) is 1.40. The molecule has 0 saturated carbocycles. The maximum absolute atomic E-state index is 5.93. The second-order valence-corrected chi connectivity index (χ2v) is 6.69. The highest BCUT2D eigenvalue weighted by Gasteiger charge is 2.09. The van der Waals surface area contributed by atoms with Crippen molar-refractivity contribution in [1.82, 2.24) is 9.97 Å². The van der Waals surface area contributed by atoms with Crippen LogP contribution in [0.25, 0.3) is 11.0 Å². The molecule has 0 aliphatic rings. The average molecular weight is 459 g/mol. The second kappa shape index (κ2) is 5.79. The van der Waals surface area contributed by atoms with Gasteiger partial charge in [-0.15, -0.1) is 0 Å². The number of halogens is 3. The molecular weight excluding hydrogens is 452 g/mol. The molecule has 0 saturated heterocycles. The van der Waals surface area contributed by atoms with E-state index in [2.05, 4.69) is 57.8 Å². The van der Waals surface area contributed by atoms with E-state index in [1.54, 1.807) is 18.5 Å². The van der Waals surface area contributed by atoms with E-state index in [9.17, 15) is 0 Å². The molecule has 0 spiro atoms. The zero-order valence-electron chi connectivity index (χ0n) is 9.98. The van der Waals surface area contributed by atoms with E-state index in [-0.39, 0.29) is 0 Å². The first-order valence-electron chi connectivity index (χ1n) is 5.66. The van der Waals surface area contributed by atoms with E-state index in [1.807, 2.05) is 24.3 Å². The average Bonchev–Trinajstić information content (AvgIpc) is 2.41. The fourth-order valence-corrected chi connectivity index (χ4v) is 3.19. The van der Waals surface area contributed by atoms with Crippen LogP contribution in [-0.4, -0.2) is 9.97 Å². The number of benzene rings is 1. The predicted octanol–water partition coefficient (Wildman–Crippen LogP) is 5.71. The number of hydrogen-bond donors (Lipinski definition) is 0. The van der Waals surface area contributed by atoms with Gasteiger partial charge < -0.3 is 4.74 Å². The molecule has 0 amide bonds. The number of hydrogen-bond acceptors (Lipinski definition) is 3. The molecular formula is C14H7Br3N2O. The van der Waals surface area contributed by atoms with Crippen molar-refractivity contribution in [1.29, 1.82) is 0 Å². The van der Waals surface area contributed by atoms with E-state index in [0.29, 0.717) is 5.75 Å². The Morgan fingerprint density at radius 3 is 2.50 bits per heavy atom. The molecule has 0 aliphatic carbocycles. The lowest BCUT2D eigenvalue weighted by Crippen LogP contribution is -1.90. The number of rotatable bonds is 2. The van der Waals surface area contributed by atoms with Gasteiger partial charge in [0.05, 0.1) is 9.99 Å². The van der Waals surface area contributed by atoms with Gasteiger partial charge in [-0.1, -0.05) is 15.9 Å². The van der Waals surface area contributed by atoms with Gasteiger partial charge in [-0.05, 0) is 56.1 Å². The van der Waals surface area contributed by atoms with E-state index in [4.69, 9.17) is 4.74 Å². The summed E-state index contributed by atoms with van der Waals surface area (Å²) >= 11 is 10.3. The summed E-state index contributed by atoms with van der Waals surface area (Å²) in [5, 5.41) is 0. The lowest BCUT2D eigenvalue weighted by molar-refractivity contribution is 0.483. The van der Waals surface area contributed by atoms with Crippen molar-refractivity contribution in [2.45, 2.75) is 0 Å². The lowest BCUT2D eigenvalue weighted by atomic mass is 10.3. The molecule has 0 atom stereocenters. The van der Waals surface area contributed by atoms with Gasteiger partial charge >= 0.3 is 0 Å². The highest BCUT2D eigenvalue weighted by Crippen LogP contribution is 2.34. The maximum atomic E-state index is 5.93. The Balaban J connectivity index is 2.06. The molecule has 6 heteroatoms. The molecule has 2 heterocycles. The minimum atomic E-state index is 0.672. The fourth-order valence-electron chi connectivity index (χ4n) is 1.74. The van der Waals surface area contributed by atoms with Crippen LogP contribution in [0.4, 0.5) is 0 Å². The van der Waals surface area contributed by atoms with Gasteiger partial charge in [-0.2, -0.15) is 0 Å². The van der Waals surface area contributed by atoms with Crippen LogP contribution >= 0.6 is 47.8 Å². The lowest BCUT2D eigenvalue weighted by Gasteiger charge is -2.09. The van der Waals surface area contributed by atoms with Gasteiger partial charge in [0.2, 0.25) is 0 Å². The van der Waals surface area contributed by atoms with E-state index in [0.717, 1.165) is 30.2 Å². The number of nitrogens with zero attached hydrogens (tertiary/aromatic N) is 2. The molecule has 2 aromatic heterocycles. The van der Waals surface area contributed by atoms with E-state index >= 15 is 0 Å². The van der Waals surface area contributed by atoms with E-state index in [1.165, 1.54) is 0 Å². The van der Waals surface area contributed by atoms with Crippen LogP contribution in [-0.2, 0) is 0 Å². The smallest absolute Gasteiger partial charge is 0.156 e. The summed E-state index contributed by atoms with van der Waals surface area (Å²) < 4.78 is 8.67. The van der Waals surface area contributed by atoms with Crippen molar-refractivity contribution in [3.63, 3.8) is 0 Å². The van der Waals surface area contributed by atoms with Crippen LogP contribution < -0.4 is 4.74 Å². The minimum absolute atomic E-state index is 0.672. The number of fused-ring (bicyclic) bond motifs is 1. The van der Waals surface area contributed by atoms with Crippen molar-refractivity contribution in [2.75, 3.05) is 0 Å². The molecule has 3 nitrogen and oxygen atoms in total. The van der Waals surface area contributed by atoms with Crippen molar-refractivity contribution in [3.05, 3.63) is 56.1 Å². The van der Waals surface area contributed by atoms with Gasteiger partial charge in [0.25, 0.3) is 0 Å². The molecule has 3 rings (SSSR count). The van der Waals surface area contributed by atoms with Crippen molar-refractivity contribution < 1.29 is 4.74 Å². The highest BCUT2D eigenvalue weighted by molar-refractivity contribution is 9.11. The van der Waals surface area contributed by atoms with Crippen LogP contribution in [0.15, 0.2) is 56.1 Å². The van der Waals surface area contributed by atoms with Crippen LogP contribution in [0, 0.1) is 0 Å². The Morgan fingerprint density at radius 1 is 0.850 bits per heavy atom. The molecule has 0 radical (unpaired) electrons. The first kappa shape index (κ1) is 14.0. The molecule has 0 bridgehead atoms. The van der Waals surface area contributed by atoms with Crippen molar-refractivity contribution in [3.8, 4) is 11.5 Å². The molecule has 0 N–H and O–H groups in total. The molecule has 100 valence electrons. The Kier molecular flexibility index (Phi) is 4.05. The van der Waals surface area contributed by atoms with Gasteiger partial charge in [-0.25, -0.2) is 4.98 Å².